The van der Waals surface area contributed by atoms with Gasteiger partial charge in [0.15, 0.2) is 9.84 Å². The van der Waals surface area contributed by atoms with Gasteiger partial charge in [0.2, 0.25) is 0 Å². The van der Waals surface area contributed by atoms with Gasteiger partial charge in [-0.3, -0.25) is 0 Å². The van der Waals surface area contributed by atoms with Crippen molar-refractivity contribution in [3.8, 4) is 0 Å². The molecule has 1 atom stereocenters. The van der Waals surface area contributed by atoms with Gasteiger partial charge in [-0.15, -0.1) is 0 Å². The number of sulfone groups is 1. The molecule has 19 heavy (non-hydrogen) atoms. The number of aryl methyl sites for hydroxylation is 1. The van der Waals surface area contributed by atoms with E-state index >= 15 is 0 Å². The summed E-state index contributed by atoms with van der Waals surface area (Å²) in [5.41, 5.74) is 1.81. The van der Waals surface area contributed by atoms with Crippen molar-refractivity contribution in [3.63, 3.8) is 0 Å². The number of rotatable bonds is 8. The van der Waals surface area contributed by atoms with Crippen molar-refractivity contribution in [2.24, 2.45) is 0 Å². The fraction of sp³-hybridized carbons (Fsp3) is 0.571. The third kappa shape index (κ3) is 6.71. The summed E-state index contributed by atoms with van der Waals surface area (Å²) < 4.78 is 23.9. The summed E-state index contributed by atoms with van der Waals surface area (Å²) in [5, 5.41) is 12.7. The Balaban J connectivity index is 2.52. The summed E-state index contributed by atoms with van der Waals surface area (Å²) in [6, 6.07) is 7.44. The van der Waals surface area contributed by atoms with Crippen LogP contribution in [-0.4, -0.2) is 38.5 Å². The number of aliphatic hydroxyl groups excluding tert-OH is 1. The summed E-state index contributed by atoms with van der Waals surface area (Å²) in [4.78, 5) is 0. The molecule has 0 amide bonds. The maximum atomic E-state index is 12.0. The van der Waals surface area contributed by atoms with Crippen LogP contribution in [0.1, 0.15) is 24.5 Å². The fourth-order valence-electron chi connectivity index (χ4n) is 1.91. The molecule has 0 aliphatic carbocycles. The predicted molar refractivity (Wildman–Crippen MR) is 77.8 cm³/mol. The van der Waals surface area contributed by atoms with Crippen LogP contribution in [0.4, 0.5) is 0 Å². The molecule has 1 aromatic carbocycles. The highest BCUT2D eigenvalue weighted by Crippen LogP contribution is 2.10. The van der Waals surface area contributed by atoms with Crippen LogP contribution in [0.15, 0.2) is 24.3 Å². The van der Waals surface area contributed by atoms with Crippen molar-refractivity contribution in [3.05, 3.63) is 35.4 Å². The van der Waals surface area contributed by atoms with Crippen LogP contribution in [0.25, 0.3) is 0 Å². The maximum Gasteiger partial charge on any atom is 0.157 e. The summed E-state index contributed by atoms with van der Waals surface area (Å²) in [6.07, 6.45) is 0.115. The Bertz CT molecular complexity index is 485. The van der Waals surface area contributed by atoms with Crippen LogP contribution in [-0.2, 0) is 15.6 Å². The van der Waals surface area contributed by atoms with Gasteiger partial charge in [-0.2, -0.15) is 0 Å². The van der Waals surface area contributed by atoms with E-state index < -0.39 is 15.9 Å². The van der Waals surface area contributed by atoms with Gasteiger partial charge in [-0.05, 0) is 25.5 Å². The van der Waals surface area contributed by atoms with Gasteiger partial charge in [0, 0.05) is 6.54 Å². The summed E-state index contributed by atoms with van der Waals surface area (Å²) in [5.74, 6) is -0.211. The monoisotopic (exact) mass is 285 g/mol. The average molecular weight is 285 g/mol. The predicted octanol–water partition coefficient (Wildman–Crippen LogP) is 1.27. The molecule has 0 aliphatic rings. The molecule has 0 heterocycles. The highest BCUT2D eigenvalue weighted by atomic mass is 32.2. The highest BCUT2D eigenvalue weighted by molar-refractivity contribution is 7.90. The van der Waals surface area contributed by atoms with E-state index in [1.54, 1.807) is 6.07 Å². The Kier molecular flexibility index (Phi) is 6.48. The average Bonchev–Trinajstić information content (AvgIpc) is 2.27. The molecular weight excluding hydrogens is 262 g/mol. The second-order valence-corrected chi connectivity index (χ2v) is 7.01. The molecule has 108 valence electrons. The number of hydrogen-bond donors (Lipinski definition) is 2. The van der Waals surface area contributed by atoms with E-state index in [1.165, 1.54) is 0 Å². The Labute approximate surface area is 115 Å². The third-order valence-electron chi connectivity index (χ3n) is 2.72. The van der Waals surface area contributed by atoms with Gasteiger partial charge in [0.25, 0.3) is 0 Å². The van der Waals surface area contributed by atoms with Gasteiger partial charge in [0.05, 0.1) is 17.6 Å². The van der Waals surface area contributed by atoms with Gasteiger partial charge in [-0.1, -0.05) is 36.8 Å². The van der Waals surface area contributed by atoms with Crippen molar-refractivity contribution in [2.45, 2.75) is 32.1 Å². The first kappa shape index (κ1) is 16.1. The normalized spacial score (nSPS) is 13.4. The zero-order valence-corrected chi connectivity index (χ0v) is 12.4. The summed E-state index contributed by atoms with van der Waals surface area (Å²) >= 11 is 0. The maximum absolute atomic E-state index is 12.0. The first-order valence-electron chi connectivity index (χ1n) is 6.57. The fourth-order valence-corrected chi connectivity index (χ4v) is 3.42. The molecule has 2 N–H and O–H groups in total. The molecule has 0 saturated carbocycles. The first-order valence-corrected chi connectivity index (χ1v) is 8.40. The molecule has 0 bridgehead atoms. The minimum atomic E-state index is -3.28. The Hall–Kier alpha value is -0.910. The van der Waals surface area contributed by atoms with E-state index in [2.05, 4.69) is 5.32 Å². The Morgan fingerprint density at radius 2 is 2.11 bits per heavy atom. The topological polar surface area (TPSA) is 66.4 Å². The van der Waals surface area contributed by atoms with Gasteiger partial charge in [0.1, 0.15) is 0 Å². The highest BCUT2D eigenvalue weighted by Gasteiger charge is 2.17. The quantitative estimate of drug-likeness (QED) is 0.706. The van der Waals surface area contributed by atoms with Crippen molar-refractivity contribution in [2.75, 3.05) is 18.8 Å². The molecule has 1 rings (SSSR count). The first-order chi connectivity index (χ1) is 8.93. The molecule has 0 radical (unpaired) electrons. The van der Waals surface area contributed by atoms with E-state index in [9.17, 15) is 13.5 Å². The molecule has 4 nitrogen and oxygen atoms in total. The van der Waals surface area contributed by atoms with Gasteiger partial charge >= 0.3 is 0 Å². The van der Waals surface area contributed by atoms with Crippen LogP contribution >= 0.6 is 0 Å². The second-order valence-electron chi connectivity index (χ2n) is 4.90. The number of hydrogen-bond acceptors (Lipinski definition) is 4. The van der Waals surface area contributed by atoms with Crippen LogP contribution in [0.5, 0.6) is 0 Å². The van der Waals surface area contributed by atoms with Crippen LogP contribution in [0.3, 0.4) is 0 Å². The van der Waals surface area contributed by atoms with Crippen LogP contribution < -0.4 is 5.32 Å². The van der Waals surface area contributed by atoms with Crippen LogP contribution in [0.2, 0.25) is 0 Å². The molecule has 0 aliphatic heterocycles. The lowest BCUT2D eigenvalue weighted by Crippen LogP contribution is -2.33. The lowest BCUT2D eigenvalue weighted by molar-refractivity contribution is 0.194. The lowest BCUT2D eigenvalue weighted by atomic mass is 10.2. The largest absolute Gasteiger partial charge is 0.391 e. The second kappa shape index (κ2) is 7.62. The van der Waals surface area contributed by atoms with E-state index in [-0.39, 0.29) is 11.5 Å². The van der Waals surface area contributed by atoms with E-state index in [0.717, 1.165) is 24.1 Å². The van der Waals surface area contributed by atoms with Crippen molar-refractivity contribution in [1.82, 2.24) is 5.32 Å². The molecular formula is C14H23NO3S. The van der Waals surface area contributed by atoms with Crippen molar-refractivity contribution in [1.29, 1.82) is 0 Å². The molecule has 0 saturated heterocycles. The minimum absolute atomic E-state index is 0.0144. The van der Waals surface area contributed by atoms with Crippen LogP contribution in [0, 0.1) is 6.92 Å². The molecule has 0 spiro atoms. The summed E-state index contributed by atoms with van der Waals surface area (Å²) in [7, 11) is -3.28. The zero-order chi connectivity index (χ0) is 14.3. The van der Waals surface area contributed by atoms with E-state index in [1.807, 2.05) is 32.0 Å². The standard InChI is InChI=1S/C14H23NO3S/c1-3-7-15-9-14(16)11-19(17,18)10-13-6-4-5-12(2)8-13/h4-6,8,14-16H,3,7,9-11H2,1-2H3. The minimum Gasteiger partial charge on any atom is -0.391 e. The number of aliphatic hydroxyl groups is 1. The Morgan fingerprint density at radius 3 is 2.74 bits per heavy atom. The molecule has 1 unspecified atom stereocenters. The van der Waals surface area contributed by atoms with Gasteiger partial charge in [-0.25, -0.2) is 8.42 Å². The summed E-state index contributed by atoms with van der Waals surface area (Å²) in [6.45, 7) is 5.06. The molecule has 0 aromatic heterocycles. The number of benzene rings is 1. The van der Waals surface area contributed by atoms with Crippen molar-refractivity contribution < 1.29 is 13.5 Å². The smallest absolute Gasteiger partial charge is 0.157 e. The Morgan fingerprint density at radius 1 is 1.37 bits per heavy atom. The van der Waals surface area contributed by atoms with Gasteiger partial charge < -0.3 is 10.4 Å². The lowest BCUT2D eigenvalue weighted by Gasteiger charge is -2.12. The number of nitrogens with one attached hydrogen (secondary N) is 1. The molecule has 5 heteroatoms. The SMILES string of the molecule is CCCNCC(O)CS(=O)(=O)Cc1cccc(C)c1. The zero-order valence-electron chi connectivity index (χ0n) is 11.6. The third-order valence-corrected chi connectivity index (χ3v) is 4.39. The molecule has 0 fully saturated rings. The van der Waals surface area contributed by atoms with E-state index in [4.69, 9.17) is 0 Å². The van der Waals surface area contributed by atoms with Crippen molar-refractivity contribution >= 4 is 9.84 Å². The molecule has 1 aromatic rings. The van der Waals surface area contributed by atoms with E-state index in [0.29, 0.717) is 6.54 Å².